The second-order valence-corrected chi connectivity index (χ2v) is 5.92. The molecule has 0 unspecified atom stereocenters. The normalized spacial score (nSPS) is 28.6. The summed E-state index contributed by atoms with van der Waals surface area (Å²) in [7, 11) is -3.13. The van der Waals surface area contributed by atoms with Gasteiger partial charge in [-0.2, -0.15) is 0 Å². The van der Waals surface area contributed by atoms with Gasteiger partial charge in [-0.05, 0) is 17.7 Å². The van der Waals surface area contributed by atoms with Crippen molar-refractivity contribution < 1.29 is 13.5 Å². The standard InChI is InChI=1S/C10H12N2O3S/c13-10-7-16(14,15)6-9(10)12-5-8-1-3-11-4-2-8/h1-5,9-10,13H,6-7H2/t9-,10-/m0/s1. The SMILES string of the molecule is O=S1(=O)C[C@H](N=Cc2ccncc2)[C@@H](O)C1. The molecule has 1 aliphatic rings. The number of rotatable bonds is 2. The molecule has 0 amide bonds. The van der Waals surface area contributed by atoms with E-state index >= 15 is 0 Å². The van der Waals surface area contributed by atoms with Crippen molar-refractivity contribution in [2.75, 3.05) is 11.5 Å². The van der Waals surface area contributed by atoms with Crippen LogP contribution < -0.4 is 0 Å². The highest BCUT2D eigenvalue weighted by Gasteiger charge is 2.35. The first-order valence-electron chi connectivity index (χ1n) is 4.88. The Labute approximate surface area is 93.8 Å². The van der Waals surface area contributed by atoms with E-state index in [1.807, 2.05) is 0 Å². The van der Waals surface area contributed by atoms with Gasteiger partial charge in [-0.1, -0.05) is 0 Å². The average molecular weight is 240 g/mol. The number of sulfone groups is 1. The Kier molecular flexibility index (Phi) is 3.02. The molecule has 1 saturated heterocycles. The van der Waals surface area contributed by atoms with Crippen LogP contribution in [0.15, 0.2) is 29.5 Å². The molecule has 2 heterocycles. The summed E-state index contributed by atoms with van der Waals surface area (Å²) in [6.45, 7) is 0. The average Bonchev–Trinajstić information content (AvgIpc) is 2.50. The van der Waals surface area contributed by atoms with E-state index in [-0.39, 0.29) is 11.5 Å². The van der Waals surface area contributed by atoms with Crippen molar-refractivity contribution in [3.8, 4) is 0 Å². The van der Waals surface area contributed by atoms with Crippen molar-refractivity contribution >= 4 is 16.1 Å². The molecule has 0 saturated carbocycles. The summed E-state index contributed by atoms with van der Waals surface area (Å²) in [5.41, 5.74) is 0.839. The molecular weight excluding hydrogens is 228 g/mol. The summed E-state index contributed by atoms with van der Waals surface area (Å²) in [5, 5.41) is 9.50. The molecule has 1 N–H and O–H groups in total. The van der Waals surface area contributed by atoms with Gasteiger partial charge in [-0.15, -0.1) is 0 Å². The van der Waals surface area contributed by atoms with Gasteiger partial charge in [0.1, 0.15) is 0 Å². The van der Waals surface area contributed by atoms with E-state index in [1.54, 1.807) is 30.7 Å². The molecule has 86 valence electrons. The molecule has 1 fully saturated rings. The van der Waals surface area contributed by atoms with Gasteiger partial charge >= 0.3 is 0 Å². The van der Waals surface area contributed by atoms with Crippen molar-refractivity contribution in [1.29, 1.82) is 0 Å². The van der Waals surface area contributed by atoms with Gasteiger partial charge in [-0.3, -0.25) is 9.98 Å². The second-order valence-electron chi connectivity index (χ2n) is 3.77. The molecule has 16 heavy (non-hydrogen) atoms. The highest BCUT2D eigenvalue weighted by Crippen LogP contribution is 2.15. The molecule has 0 aliphatic carbocycles. The predicted octanol–water partition coefficient (Wildman–Crippen LogP) is -0.342. The van der Waals surface area contributed by atoms with Gasteiger partial charge < -0.3 is 5.11 Å². The molecular formula is C10H12N2O3S. The lowest BCUT2D eigenvalue weighted by Crippen LogP contribution is -2.21. The van der Waals surface area contributed by atoms with Crippen LogP contribution in [0.3, 0.4) is 0 Å². The summed E-state index contributed by atoms with van der Waals surface area (Å²) in [5.74, 6) is -0.263. The molecule has 0 bridgehead atoms. The number of hydrogen-bond donors (Lipinski definition) is 1. The largest absolute Gasteiger partial charge is 0.390 e. The van der Waals surface area contributed by atoms with Crippen LogP contribution in [-0.2, 0) is 9.84 Å². The van der Waals surface area contributed by atoms with Crippen LogP contribution in [0, 0.1) is 0 Å². The Morgan fingerprint density at radius 3 is 2.62 bits per heavy atom. The number of nitrogens with zero attached hydrogens (tertiary/aromatic N) is 2. The van der Waals surface area contributed by atoms with Crippen LogP contribution in [0.1, 0.15) is 5.56 Å². The summed E-state index contributed by atoms with van der Waals surface area (Å²) >= 11 is 0. The lowest BCUT2D eigenvalue weighted by molar-refractivity contribution is 0.184. The topological polar surface area (TPSA) is 79.6 Å². The second kappa shape index (κ2) is 4.31. The molecule has 0 spiro atoms. The summed E-state index contributed by atoms with van der Waals surface area (Å²) in [6, 6.07) is 2.98. The molecule has 6 heteroatoms. The number of aliphatic hydroxyl groups excluding tert-OH is 1. The molecule has 0 radical (unpaired) electrons. The van der Waals surface area contributed by atoms with E-state index in [1.165, 1.54) is 0 Å². The highest BCUT2D eigenvalue weighted by atomic mass is 32.2. The van der Waals surface area contributed by atoms with Gasteiger partial charge in [-0.25, -0.2) is 8.42 Å². The van der Waals surface area contributed by atoms with Crippen LogP contribution in [-0.4, -0.2) is 48.4 Å². The van der Waals surface area contributed by atoms with Crippen molar-refractivity contribution in [3.63, 3.8) is 0 Å². The van der Waals surface area contributed by atoms with Gasteiger partial charge in [0.25, 0.3) is 0 Å². The highest BCUT2D eigenvalue weighted by molar-refractivity contribution is 7.91. The lowest BCUT2D eigenvalue weighted by atomic mass is 10.2. The molecule has 1 aliphatic heterocycles. The van der Waals surface area contributed by atoms with Gasteiger partial charge in [0.2, 0.25) is 0 Å². The minimum Gasteiger partial charge on any atom is -0.390 e. The fourth-order valence-electron chi connectivity index (χ4n) is 1.58. The molecule has 1 aromatic heterocycles. The maximum atomic E-state index is 11.2. The number of aliphatic hydroxyl groups is 1. The van der Waals surface area contributed by atoms with Gasteiger partial charge in [0.15, 0.2) is 9.84 Å². The minimum absolute atomic E-state index is 0.0737. The molecule has 1 aromatic rings. The zero-order valence-electron chi connectivity index (χ0n) is 8.52. The predicted molar refractivity (Wildman–Crippen MR) is 60.3 cm³/mol. The van der Waals surface area contributed by atoms with E-state index in [4.69, 9.17) is 0 Å². The van der Waals surface area contributed by atoms with Crippen LogP contribution in [0.5, 0.6) is 0 Å². The van der Waals surface area contributed by atoms with Crippen LogP contribution in [0.2, 0.25) is 0 Å². The Morgan fingerprint density at radius 2 is 2.06 bits per heavy atom. The fourth-order valence-corrected chi connectivity index (χ4v) is 3.29. The van der Waals surface area contributed by atoms with Crippen LogP contribution in [0.25, 0.3) is 0 Å². The fraction of sp³-hybridized carbons (Fsp3) is 0.400. The van der Waals surface area contributed by atoms with Gasteiger partial charge in [0, 0.05) is 18.6 Å². The van der Waals surface area contributed by atoms with E-state index in [9.17, 15) is 13.5 Å². The molecule has 0 aromatic carbocycles. The van der Waals surface area contributed by atoms with Crippen molar-refractivity contribution in [2.45, 2.75) is 12.1 Å². The van der Waals surface area contributed by atoms with Crippen molar-refractivity contribution in [2.24, 2.45) is 4.99 Å². The summed E-state index contributed by atoms with van der Waals surface area (Å²) in [4.78, 5) is 7.94. The number of aliphatic imine (C=N–C) groups is 1. The zero-order valence-corrected chi connectivity index (χ0v) is 9.34. The van der Waals surface area contributed by atoms with Crippen molar-refractivity contribution in [3.05, 3.63) is 30.1 Å². The van der Waals surface area contributed by atoms with E-state index in [0.717, 1.165) is 5.56 Å². The smallest absolute Gasteiger partial charge is 0.155 e. The quantitative estimate of drug-likeness (QED) is 0.717. The number of aromatic nitrogens is 1. The first-order valence-corrected chi connectivity index (χ1v) is 6.71. The Balaban J connectivity index is 2.09. The van der Waals surface area contributed by atoms with Crippen molar-refractivity contribution in [1.82, 2.24) is 4.98 Å². The van der Waals surface area contributed by atoms with Crippen LogP contribution >= 0.6 is 0 Å². The maximum absolute atomic E-state index is 11.2. The third-order valence-electron chi connectivity index (χ3n) is 2.41. The minimum atomic E-state index is -3.13. The van der Waals surface area contributed by atoms with Crippen LogP contribution in [0.4, 0.5) is 0 Å². The number of hydrogen-bond acceptors (Lipinski definition) is 5. The first kappa shape index (κ1) is 11.2. The van der Waals surface area contributed by atoms with E-state index < -0.39 is 22.0 Å². The van der Waals surface area contributed by atoms with Gasteiger partial charge in [0.05, 0.1) is 23.7 Å². The third-order valence-corrected chi connectivity index (χ3v) is 4.11. The monoisotopic (exact) mass is 240 g/mol. The maximum Gasteiger partial charge on any atom is 0.155 e. The van der Waals surface area contributed by atoms with E-state index in [2.05, 4.69) is 9.98 Å². The zero-order chi connectivity index (χ0) is 11.6. The summed E-state index contributed by atoms with van der Waals surface area (Å²) in [6.07, 6.45) is 3.94. The Morgan fingerprint density at radius 1 is 1.38 bits per heavy atom. The van der Waals surface area contributed by atoms with E-state index in [0.29, 0.717) is 0 Å². The Hall–Kier alpha value is -1.27. The molecule has 5 nitrogen and oxygen atoms in total. The molecule has 2 rings (SSSR count). The lowest BCUT2D eigenvalue weighted by Gasteiger charge is -2.05. The number of pyridine rings is 1. The summed E-state index contributed by atoms with van der Waals surface area (Å²) < 4.78 is 22.4. The third kappa shape index (κ3) is 2.65. The Bertz CT molecular complexity index is 484. The molecule has 2 atom stereocenters. The first-order chi connectivity index (χ1) is 7.57.